The molecular formula is C38H56O3. The molecule has 0 aliphatic heterocycles. The van der Waals surface area contributed by atoms with Crippen LogP contribution in [0.1, 0.15) is 140 Å². The van der Waals surface area contributed by atoms with E-state index in [4.69, 9.17) is 4.74 Å². The van der Waals surface area contributed by atoms with Crippen LogP contribution in [0.3, 0.4) is 0 Å². The monoisotopic (exact) mass is 560 g/mol. The Balaban J connectivity index is 1.23. The van der Waals surface area contributed by atoms with E-state index in [2.05, 4.69) is 49.9 Å². The smallest absolute Gasteiger partial charge is 0.333 e. The second kappa shape index (κ2) is 16.5. The number of esters is 1. The highest BCUT2D eigenvalue weighted by molar-refractivity contribution is 5.87. The highest BCUT2D eigenvalue weighted by atomic mass is 16.5. The lowest BCUT2D eigenvalue weighted by atomic mass is 9.74. The number of unbranched alkanes of at least 4 members (excludes halogenated alkanes) is 2. The maximum Gasteiger partial charge on any atom is 0.333 e. The van der Waals surface area contributed by atoms with Crippen LogP contribution >= 0.6 is 0 Å². The molecule has 1 unspecified atom stereocenters. The van der Waals surface area contributed by atoms with Crippen molar-refractivity contribution in [2.45, 2.75) is 128 Å². The van der Waals surface area contributed by atoms with Gasteiger partial charge in [-0.25, -0.2) is 4.79 Å². The molecule has 0 spiro atoms. The molecule has 0 amide bonds. The van der Waals surface area contributed by atoms with Gasteiger partial charge in [-0.2, -0.15) is 0 Å². The highest BCUT2D eigenvalue weighted by Gasteiger charge is 2.25. The van der Waals surface area contributed by atoms with Crippen molar-refractivity contribution in [1.82, 2.24) is 0 Å². The Morgan fingerprint density at radius 3 is 2.10 bits per heavy atom. The van der Waals surface area contributed by atoms with Crippen molar-refractivity contribution in [2.24, 2.45) is 17.8 Å². The van der Waals surface area contributed by atoms with Crippen LogP contribution < -0.4 is 0 Å². The summed E-state index contributed by atoms with van der Waals surface area (Å²) in [6.07, 6.45) is 21.5. The van der Waals surface area contributed by atoms with Gasteiger partial charge in [0.1, 0.15) is 0 Å². The number of benzene rings is 2. The van der Waals surface area contributed by atoms with Crippen molar-refractivity contribution in [3.8, 4) is 0 Å². The predicted octanol–water partition coefficient (Wildman–Crippen LogP) is 10.3. The van der Waals surface area contributed by atoms with E-state index in [9.17, 15) is 9.90 Å². The molecule has 2 fully saturated rings. The van der Waals surface area contributed by atoms with Gasteiger partial charge < -0.3 is 9.84 Å². The topological polar surface area (TPSA) is 46.5 Å². The molecule has 4 rings (SSSR count). The van der Waals surface area contributed by atoms with E-state index >= 15 is 0 Å². The zero-order chi connectivity index (χ0) is 29.0. The largest absolute Gasteiger partial charge is 0.462 e. The normalized spacial score (nSPS) is 23.8. The van der Waals surface area contributed by atoms with Crippen LogP contribution in [-0.2, 0) is 9.53 Å². The number of aliphatic hydroxyl groups excluding tert-OH is 1. The molecule has 1 atom stereocenters. The van der Waals surface area contributed by atoms with Crippen LogP contribution in [0.5, 0.6) is 0 Å². The van der Waals surface area contributed by atoms with E-state index in [1.54, 1.807) is 6.92 Å². The minimum Gasteiger partial charge on any atom is -0.462 e. The average molecular weight is 561 g/mol. The molecule has 1 N–H and O–H groups in total. The number of rotatable bonds is 15. The number of hydrogen-bond acceptors (Lipinski definition) is 3. The van der Waals surface area contributed by atoms with Crippen LogP contribution in [0.4, 0.5) is 0 Å². The van der Waals surface area contributed by atoms with Crippen LogP contribution in [0.15, 0.2) is 48.6 Å². The SMILES string of the molecule is C=C(C)C(=O)OCCC(CCO)c1ccc2cc(C3CCC(CCC4CCC(CCCCC)CC4)CC3)ccc2c1. The van der Waals surface area contributed by atoms with Crippen LogP contribution in [0.2, 0.25) is 0 Å². The first-order valence-corrected chi connectivity index (χ1v) is 16.9. The molecule has 3 nitrogen and oxygen atoms in total. The first-order chi connectivity index (χ1) is 20.0. The lowest BCUT2D eigenvalue weighted by Crippen LogP contribution is -2.17. The molecule has 2 saturated carbocycles. The van der Waals surface area contributed by atoms with Gasteiger partial charge >= 0.3 is 5.97 Å². The van der Waals surface area contributed by atoms with Gasteiger partial charge in [0.15, 0.2) is 0 Å². The molecular weight excluding hydrogens is 504 g/mol. The molecule has 0 saturated heterocycles. The van der Waals surface area contributed by atoms with Crippen molar-refractivity contribution in [3.05, 3.63) is 59.7 Å². The van der Waals surface area contributed by atoms with Crippen molar-refractivity contribution in [3.63, 3.8) is 0 Å². The van der Waals surface area contributed by atoms with Gasteiger partial charge in [-0.1, -0.05) is 114 Å². The first kappa shape index (κ1) is 31.8. The summed E-state index contributed by atoms with van der Waals surface area (Å²) in [6, 6.07) is 13.8. The molecule has 2 aromatic carbocycles. The minimum absolute atomic E-state index is 0.124. The summed E-state index contributed by atoms with van der Waals surface area (Å²) >= 11 is 0. The Morgan fingerprint density at radius 2 is 1.46 bits per heavy atom. The highest BCUT2D eigenvalue weighted by Crippen LogP contribution is 2.41. The van der Waals surface area contributed by atoms with Crippen molar-refractivity contribution >= 4 is 16.7 Å². The van der Waals surface area contributed by atoms with Gasteiger partial charge in [0.05, 0.1) is 6.61 Å². The fourth-order valence-electron chi connectivity index (χ4n) is 7.59. The molecule has 41 heavy (non-hydrogen) atoms. The van der Waals surface area contributed by atoms with Crippen LogP contribution in [-0.4, -0.2) is 24.3 Å². The van der Waals surface area contributed by atoms with E-state index < -0.39 is 0 Å². The second-order valence-electron chi connectivity index (χ2n) is 13.5. The van der Waals surface area contributed by atoms with Crippen LogP contribution in [0.25, 0.3) is 10.8 Å². The fraction of sp³-hybridized carbons (Fsp3) is 0.658. The summed E-state index contributed by atoms with van der Waals surface area (Å²) in [7, 11) is 0. The maximum atomic E-state index is 11.7. The number of carbonyl (C=O) groups excluding carboxylic acids is 1. The van der Waals surface area contributed by atoms with Gasteiger partial charge in [-0.05, 0) is 96.9 Å². The summed E-state index contributed by atoms with van der Waals surface area (Å²) in [5.41, 5.74) is 3.13. The van der Waals surface area contributed by atoms with E-state index in [-0.39, 0.29) is 18.5 Å². The summed E-state index contributed by atoms with van der Waals surface area (Å²) < 4.78 is 5.32. The molecule has 3 heteroatoms. The Labute approximate surface area is 250 Å². The van der Waals surface area contributed by atoms with Gasteiger partial charge in [0.2, 0.25) is 0 Å². The summed E-state index contributed by atoms with van der Waals surface area (Å²) in [6.45, 7) is 8.10. The van der Waals surface area contributed by atoms with Gasteiger partial charge in [-0.3, -0.25) is 0 Å². The molecule has 0 aromatic heterocycles. The third-order valence-electron chi connectivity index (χ3n) is 10.4. The van der Waals surface area contributed by atoms with Gasteiger partial charge in [0.25, 0.3) is 0 Å². The maximum absolute atomic E-state index is 11.7. The third-order valence-corrected chi connectivity index (χ3v) is 10.4. The van der Waals surface area contributed by atoms with Gasteiger partial charge in [0, 0.05) is 12.2 Å². The molecule has 0 heterocycles. The number of ether oxygens (including phenoxy) is 1. The fourth-order valence-corrected chi connectivity index (χ4v) is 7.59. The summed E-state index contributed by atoms with van der Waals surface area (Å²) in [5.74, 6) is 3.49. The second-order valence-corrected chi connectivity index (χ2v) is 13.5. The molecule has 226 valence electrons. The quantitative estimate of drug-likeness (QED) is 0.134. The number of aliphatic hydroxyl groups is 1. The minimum atomic E-state index is -0.344. The van der Waals surface area contributed by atoms with Crippen LogP contribution in [0, 0.1) is 17.8 Å². The molecule has 2 aliphatic rings. The molecule has 0 radical (unpaired) electrons. The summed E-state index contributed by atoms with van der Waals surface area (Å²) in [5, 5.41) is 12.2. The average Bonchev–Trinajstić information content (AvgIpc) is 3.00. The van der Waals surface area contributed by atoms with Crippen molar-refractivity contribution in [1.29, 1.82) is 0 Å². The summed E-state index contributed by atoms with van der Waals surface area (Å²) in [4.78, 5) is 11.7. The predicted molar refractivity (Wildman–Crippen MR) is 172 cm³/mol. The van der Waals surface area contributed by atoms with E-state index in [0.29, 0.717) is 30.9 Å². The number of fused-ring (bicyclic) bond motifs is 1. The zero-order valence-electron chi connectivity index (χ0n) is 26.0. The third kappa shape index (κ3) is 9.70. The Bertz CT molecular complexity index is 1090. The lowest BCUT2D eigenvalue weighted by Gasteiger charge is -2.32. The van der Waals surface area contributed by atoms with E-state index in [0.717, 1.165) is 17.8 Å². The lowest BCUT2D eigenvalue weighted by molar-refractivity contribution is -0.139. The zero-order valence-corrected chi connectivity index (χ0v) is 26.0. The van der Waals surface area contributed by atoms with Crippen molar-refractivity contribution < 1.29 is 14.6 Å². The Hall–Kier alpha value is -2.13. The Kier molecular flexibility index (Phi) is 12.8. The van der Waals surface area contributed by atoms with E-state index in [1.165, 1.54) is 112 Å². The first-order valence-electron chi connectivity index (χ1n) is 16.9. The molecule has 2 aliphatic carbocycles. The van der Waals surface area contributed by atoms with Gasteiger partial charge in [-0.15, -0.1) is 0 Å². The Morgan fingerprint density at radius 1 is 0.854 bits per heavy atom. The standard InChI is InChI=1S/C38H56O3/c1-4-5-6-7-29-8-10-30(11-9-29)12-13-31-14-16-32(17-15-31)34-18-20-37-27-35(19-21-36(37)26-34)33(22-24-39)23-25-41-38(40)28(2)3/h18-21,26-27,29-33,39H,2,4-17,22-25H2,1,3H3. The number of carbonyl (C=O) groups is 1. The van der Waals surface area contributed by atoms with Crippen molar-refractivity contribution in [2.75, 3.05) is 13.2 Å². The molecule has 2 aromatic rings. The molecule has 0 bridgehead atoms. The van der Waals surface area contributed by atoms with E-state index in [1.807, 2.05) is 0 Å². The number of hydrogen-bond donors (Lipinski definition) is 1.